The van der Waals surface area contributed by atoms with E-state index < -0.39 is 5.63 Å². The zero-order chi connectivity index (χ0) is 18.8. The van der Waals surface area contributed by atoms with Gasteiger partial charge in [0, 0.05) is 6.08 Å². The van der Waals surface area contributed by atoms with Gasteiger partial charge in [-0.3, -0.25) is 0 Å². The highest BCUT2D eigenvalue weighted by Crippen LogP contribution is 2.30. The topological polar surface area (TPSA) is 75.0 Å². The van der Waals surface area contributed by atoms with Crippen LogP contribution >= 0.6 is 0 Å². The summed E-state index contributed by atoms with van der Waals surface area (Å²) in [6.07, 6.45) is 5.89. The van der Waals surface area contributed by atoms with Gasteiger partial charge in [0.05, 0.1) is 31.8 Å². The molecule has 0 atom stereocenters. The lowest BCUT2D eigenvalue weighted by molar-refractivity contribution is -0.137. The van der Waals surface area contributed by atoms with E-state index in [1.165, 1.54) is 19.3 Å². The number of hydrogen-bond acceptors (Lipinski definition) is 6. The standard InChI is InChI=1S/C20H24O6/c1-3-18(21)25-13-8-6-4-5-7-12-24-17-14-19(22)26-20-15(17)10-9-11-16(20)23-2/h3,9-11,14H,1,4-8,12-13H2,2H3. The number of benzene rings is 1. The first-order valence-electron chi connectivity index (χ1n) is 8.68. The zero-order valence-electron chi connectivity index (χ0n) is 15.0. The van der Waals surface area contributed by atoms with Crippen molar-refractivity contribution in [3.8, 4) is 11.5 Å². The van der Waals surface area contributed by atoms with E-state index in [0.29, 0.717) is 35.7 Å². The van der Waals surface area contributed by atoms with Crippen LogP contribution < -0.4 is 15.1 Å². The number of unbranched alkanes of at least 4 members (excludes halogenated alkanes) is 4. The minimum Gasteiger partial charge on any atom is -0.493 e. The summed E-state index contributed by atoms with van der Waals surface area (Å²) in [6.45, 7) is 4.29. The van der Waals surface area contributed by atoms with E-state index in [0.717, 1.165) is 32.1 Å². The van der Waals surface area contributed by atoms with Gasteiger partial charge in [0.2, 0.25) is 0 Å². The van der Waals surface area contributed by atoms with Crippen LogP contribution in [0.4, 0.5) is 0 Å². The number of ether oxygens (including phenoxy) is 3. The van der Waals surface area contributed by atoms with Crippen molar-refractivity contribution in [2.24, 2.45) is 0 Å². The molecule has 0 N–H and O–H groups in total. The van der Waals surface area contributed by atoms with Crippen molar-refractivity contribution in [1.29, 1.82) is 0 Å². The van der Waals surface area contributed by atoms with Gasteiger partial charge in [0.1, 0.15) is 5.75 Å². The Balaban J connectivity index is 1.76. The second kappa shape index (κ2) is 10.3. The van der Waals surface area contributed by atoms with Crippen molar-refractivity contribution in [2.45, 2.75) is 32.1 Å². The van der Waals surface area contributed by atoms with E-state index in [1.54, 1.807) is 6.07 Å². The highest BCUT2D eigenvalue weighted by atomic mass is 16.5. The van der Waals surface area contributed by atoms with Crippen LogP contribution in [0.1, 0.15) is 32.1 Å². The first-order chi connectivity index (χ1) is 12.7. The summed E-state index contributed by atoms with van der Waals surface area (Å²) in [6, 6.07) is 6.75. The summed E-state index contributed by atoms with van der Waals surface area (Å²) in [4.78, 5) is 22.6. The summed E-state index contributed by atoms with van der Waals surface area (Å²) in [5, 5.41) is 0.716. The summed E-state index contributed by atoms with van der Waals surface area (Å²) >= 11 is 0. The van der Waals surface area contributed by atoms with Crippen LogP contribution in [0.15, 0.2) is 46.1 Å². The smallest absolute Gasteiger partial charge is 0.340 e. The SMILES string of the molecule is C=CC(=O)OCCCCCCCOc1cc(=O)oc2c(OC)cccc12. The fraction of sp³-hybridized carbons (Fsp3) is 0.400. The normalized spacial score (nSPS) is 10.5. The molecule has 1 aromatic carbocycles. The fourth-order valence-corrected chi connectivity index (χ4v) is 2.56. The second-order valence-corrected chi connectivity index (χ2v) is 5.75. The molecule has 26 heavy (non-hydrogen) atoms. The molecule has 6 heteroatoms. The third-order valence-electron chi connectivity index (χ3n) is 3.87. The highest BCUT2D eigenvalue weighted by molar-refractivity contribution is 5.87. The Hall–Kier alpha value is -2.76. The molecule has 140 valence electrons. The molecule has 0 aliphatic heterocycles. The van der Waals surface area contributed by atoms with Crippen molar-refractivity contribution in [3.63, 3.8) is 0 Å². The Bertz CT molecular complexity index is 792. The van der Waals surface area contributed by atoms with Gasteiger partial charge in [-0.05, 0) is 25.0 Å². The van der Waals surface area contributed by atoms with Crippen molar-refractivity contribution in [2.75, 3.05) is 20.3 Å². The molecule has 0 amide bonds. The molecule has 1 heterocycles. The average Bonchev–Trinajstić information content (AvgIpc) is 2.65. The van der Waals surface area contributed by atoms with Crippen LogP contribution in [0.2, 0.25) is 0 Å². The lowest BCUT2D eigenvalue weighted by Crippen LogP contribution is -2.04. The molecule has 2 aromatic rings. The number of carbonyl (C=O) groups is 1. The minimum atomic E-state index is -0.467. The van der Waals surface area contributed by atoms with Gasteiger partial charge < -0.3 is 18.6 Å². The van der Waals surface area contributed by atoms with E-state index in [1.807, 2.05) is 12.1 Å². The molecule has 0 bridgehead atoms. The van der Waals surface area contributed by atoms with Crippen LogP contribution in [0.3, 0.4) is 0 Å². The van der Waals surface area contributed by atoms with Crippen molar-refractivity contribution in [1.82, 2.24) is 0 Å². The van der Waals surface area contributed by atoms with Gasteiger partial charge in [0.25, 0.3) is 0 Å². The van der Waals surface area contributed by atoms with Gasteiger partial charge in [-0.1, -0.05) is 31.9 Å². The molecule has 0 fully saturated rings. The number of rotatable bonds is 11. The van der Waals surface area contributed by atoms with E-state index in [-0.39, 0.29) is 5.97 Å². The molecular weight excluding hydrogens is 336 g/mol. The van der Waals surface area contributed by atoms with E-state index >= 15 is 0 Å². The monoisotopic (exact) mass is 360 g/mol. The number of methoxy groups -OCH3 is 1. The van der Waals surface area contributed by atoms with Crippen molar-refractivity contribution >= 4 is 16.9 Å². The Labute approximate surface area is 152 Å². The number of esters is 1. The first kappa shape index (κ1) is 19.6. The quantitative estimate of drug-likeness (QED) is 0.262. The first-order valence-corrected chi connectivity index (χ1v) is 8.68. The number of para-hydroxylation sites is 1. The molecule has 2 rings (SSSR count). The van der Waals surface area contributed by atoms with Crippen molar-refractivity contribution in [3.05, 3.63) is 47.3 Å². The Morgan fingerprint density at radius 2 is 1.85 bits per heavy atom. The highest BCUT2D eigenvalue weighted by Gasteiger charge is 2.10. The summed E-state index contributed by atoms with van der Waals surface area (Å²) < 4.78 is 21.1. The maximum absolute atomic E-state index is 11.7. The lowest BCUT2D eigenvalue weighted by Gasteiger charge is -2.10. The molecule has 0 unspecified atom stereocenters. The zero-order valence-corrected chi connectivity index (χ0v) is 15.0. The van der Waals surface area contributed by atoms with Gasteiger partial charge in [-0.2, -0.15) is 0 Å². The average molecular weight is 360 g/mol. The Morgan fingerprint density at radius 3 is 2.58 bits per heavy atom. The predicted octanol–water partition coefficient (Wildman–Crippen LogP) is 3.86. The maximum Gasteiger partial charge on any atom is 0.340 e. The van der Waals surface area contributed by atoms with E-state index in [9.17, 15) is 9.59 Å². The molecule has 1 aromatic heterocycles. The molecule has 0 radical (unpaired) electrons. The number of carbonyl (C=O) groups excluding carboxylic acids is 1. The molecule has 0 saturated carbocycles. The number of hydrogen-bond donors (Lipinski definition) is 0. The largest absolute Gasteiger partial charge is 0.493 e. The lowest BCUT2D eigenvalue weighted by atomic mass is 10.1. The molecule has 0 aliphatic carbocycles. The third-order valence-corrected chi connectivity index (χ3v) is 3.87. The molecule has 0 saturated heterocycles. The van der Waals surface area contributed by atoms with E-state index in [4.69, 9.17) is 18.6 Å². The van der Waals surface area contributed by atoms with E-state index in [2.05, 4.69) is 6.58 Å². The van der Waals surface area contributed by atoms with Gasteiger partial charge >= 0.3 is 11.6 Å². The summed E-state index contributed by atoms with van der Waals surface area (Å²) in [7, 11) is 1.53. The van der Waals surface area contributed by atoms with Gasteiger partial charge in [0.15, 0.2) is 11.3 Å². The predicted molar refractivity (Wildman–Crippen MR) is 98.8 cm³/mol. The molecule has 0 spiro atoms. The van der Waals surface area contributed by atoms with Gasteiger partial charge in [-0.15, -0.1) is 0 Å². The minimum absolute atomic E-state index is 0.380. The van der Waals surface area contributed by atoms with Crippen LogP contribution in [-0.4, -0.2) is 26.3 Å². The number of fused-ring (bicyclic) bond motifs is 1. The second-order valence-electron chi connectivity index (χ2n) is 5.75. The molecular formula is C20H24O6. The Kier molecular flexibility index (Phi) is 7.74. The summed E-state index contributed by atoms with van der Waals surface area (Å²) in [5.74, 6) is 0.628. The summed E-state index contributed by atoms with van der Waals surface area (Å²) in [5.41, 5.74) is -0.0716. The third kappa shape index (κ3) is 5.65. The van der Waals surface area contributed by atoms with Crippen LogP contribution in [-0.2, 0) is 9.53 Å². The maximum atomic E-state index is 11.7. The van der Waals surface area contributed by atoms with Crippen molar-refractivity contribution < 1.29 is 23.4 Å². The molecule has 0 aliphatic rings. The van der Waals surface area contributed by atoms with Crippen LogP contribution in [0.25, 0.3) is 11.0 Å². The Morgan fingerprint density at radius 1 is 1.12 bits per heavy atom. The van der Waals surface area contributed by atoms with Crippen LogP contribution in [0, 0.1) is 0 Å². The van der Waals surface area contributed by atoms with Gasteiger partial charge in [-0.25, -0.2) is 9.59 Å². The fourth-order valence-electron chi connectivity index (χ4n) is 2.56. The molecule has 6 nitrogen and oxygen atoms in total. The van der Waals surface area contributed by atoms with Crippen LogP contribution in [0.5, 0.6) is 11.5 Å².